The first kappa shape index (κ1) is 15.2. The number of aliphatic hydroxyl groups is 1. The summed E-state index contributed by atoms with van der Waals surface area (Å²) >= 11 is 5.83. The Morgan fingerprint density at radius 3 is 3.14 bits per heavy atom. The van der Waals surface area contributed by atoms with Crippen molar-refractivity contribution >= 4 is 23.2 Å². The highest BCUT2D eigenvalue weighted by atomic mass is 35.5. The van der Waals surface area contributed by atoms with Crippen LogP contribution in [0.4, 0.5) is 4.39 Å². The minimum atomic E-state index is -0.742. The smallest absolute Gasteiger partial charge is 0.277 e. The predicted octanol–water partition coefficient (Wildman–Crippen LogP) is 1.21. The van der Waals surface area contributed by atoms with Gasteiger partial charge in [-0.25, -0.2) is 4.98 Å². The van der Waals surface area contributed by atoms with E-state index in [0.717, 1.165) is 4.40 Å². The molecule has 6 nitrogen and oxygen atoms in total. The molecule has 2 aromatic heterocycles. The predicted molar refractivity (Wildman–Crippen MR) is 77.5 cm³/mol. The van der Waals surface area contributed by atoms with Crippen LogP contribution in [-0.2, 0) is 4.74 Å². The van der Waals surface area contributed by atoms with Gasteiger partial charge in [-0.05, 0) is 12.1 Å². The van der Waals surface area contributed by atoms with Crippen molar-refractivity contribution in [2.75, 3.05) is 32.9 Å². The van der Waals surface area contributed by atoms with E-state index in [1.165, 1.54) is 11.1 Å². The van der Waals surface area contributed by atoms with Crippen molar-refractivity contribution in [2.45, 2.75) is 0 Å². The Hall–Kier alpha value is -1.70. The fourth-order valence-electron chi connectivity index (χ4n) is 2.45. The number of amides is 1. The number of carbonyl (C=O) groups is 1. The lowest BCUT2D eigenvalue weighted by molar-refractivity contribution is 0.0717. The number of hydrogen-bond donors (Lipinski definition) is 1. The van der Waals surface area contributed by atoms with E-state index >= 15 is 0 Å². The first-order valence-electron chi connectivity index (χ1n) is 6.91. The lowest BCUT2D eigenvalue weighted by Crippen LogP contribution is -2.37. The summed E-state index contributed by atoms with van der Waals surface area (Å²) in [5, 5.41) is 9.61. The van der Waals surface area contributed by atoms with E-state index in [1.54, 1.807) is 12.1 Å². The molecule has 8 heteroatoms. The number of aliphatic hydroxyl groups excluding tert-OH is 1. The lowest BCUT2D eigenvalue weighted by Gasteiger charge is -2.21. The number of rotatable bonds is 2. The van der Waals surface area contributed by atoms with Gasteiger partial charge in [0.2, 0.25) is 5.95 Å². The van der Waals surface area contributed by atoms with Gasteiger partial charge in [0.25, 0.3) is 5.91 Å². The molecule has 0 aromatic carbocycles. The number of halogens is 2. The standard InChI is InChI=1S/C14H15ClFN3O3/c15-10-1-2-11-17-12(13(16)19(11)6-10)14(21)18-3-4-22-8-9(5-18)7-20/h1-2,6,9,20H,3-5,7-8H2/t9-/m1/s1. The van der Waals surface area contributed by atoms with Gasteiger partial charge >= 0.3 is 0 Å². The largest absolute Gasteiger partial charge is 0.396 e. The van der Waals surface area contributed by atoms with Gasteiger partial charge in [0.1, 0.15) is 5.65 Å². The Bertz CT molecular complexity index is 706. The number of carbonyl (C=O) groups excluding carboxylic acids is 1. The molecule has 1 fully saturated rings. The fourth-order valence-corrected chi connectivity index (χ4v) is 2.61. The van der Waals surface area contributed by atoms with E-state index in [2.05, 4.69) is 4.98 Å². The SMILES string of the molecule is O=C(c1nc2ccc(Cl)cn2c1F)N1CCOC[C@@H](CO)C1. The van der Waals surface area contributed by atoms with Gasteiger partial charge in [-0.2, -0.15) is 4.39 Å². The van der Waals surface area contributed by atoms with E-state index < -0.39 is 11.9 Å². The molecule has 0 spiro atoms. The van der Waals surface area contributed by atoms with Crippen LogP contribution in [0.15, 0.2) is 18.3 Å². The van der Waals surface area contributed by atoms with Crippen LogP contribution in [0.5, 0.6) is 0 Å². The number of nitrogens with zero attached hydrogens (tertiary/aromatic N) is 3. The highest BCUT2D eigenvalue weighted by molar-refractivity contribution is 6.30. The first-order valence-corrected chi connectivity index (χ1v) is 7.29. The van der Waals surface area contributed by atoms with Gasteiger partial charge in [-0.3, -0.25) is 9.20 Å². The van der Waals surface area contributed by atoms with Gasteiger partial charge in [0.15, 0.2) is 5.69 Å². The maximum atomic E-state index is 14.4. The average molecular weight is 328 g/mol. The highest BCUT2D eigenvalue weighted by Crippen LogP contribution is 2.18. The first-order chi connectivity index (χ1) is 10.6. The quantitative estimate of drug-likeness (QED) is 0.900. The van der Waals surface area contributed by atoms with Gasteiger partial charge in [0, 0.05) is 31.8 Å². The number of hydrogen-bond acceptors (Lipinski definition) is 4. The average Bonchev–Trinajstić information content (AvgIpc) is 2.71. The number of aromatic nitrogens is 2. The molecule has 0 aliphatic carbocycles. The molecule has 0 bridgehead atoms. The van der Waals surface area contributed by atoms with Crippen LogP contribution in [0.2, 0.25) is 5.02 Å². The summed E-state index contributed by atoms with van der Waals surface area (Å²) in [5.41, 5.74) is 0.0656. The normalized spacial score (nSPS) is 19.4. The van der Waals surface area contributed by atoms with Crippen molar-refractivity contribution in [2.24, 2.45) is 5.92 Å². The Morgan fingerprint density at radius 2 is 2.36 bits per heavy atom. The number of imidazole rings is 1. The Labute approximate surface area is 131 Å². The molecule has 1 atom stereocenters. The topological polar surface area (TPSA) is 67.1 Å². The van der Waals surface area contributed by atoms with Crippen LogP contribution < -0.4 is 0 Å². The number of ether oxygens (including phenoxy) is 1. The van der Waals surface area contributed by atoms with Crippen molar-refractivity contribution < 1.29 is 19.0 Å². The fraction of sp³-hybridized carbons (Fsp3) is 0.429. The molecule has 3 heterocycles. The molecule has 0 radical (unpaired) electrons. The monoisotopic (exact) mass is 327 g/mol. The van der Waals surface area contributed by atoms with Crippen LogP contribution in [-0.4, -0.2) is 58.2 Å². The second-order valence-corrected chi connectivity index (χ2v) is 5.64. The Balaban J connectivity index is 1.92. The molecule has 22 heavy (non-hydrogen) atoms. The summed E-state index contributed by atoms with van der Waals surface area (Å²) in [4.78, 5) is 18.0. The summed E-state index contributed by atoms with van der Waals surface area (Å²) in [7, 11) is 0. The molecule has 118 valence electrons. The van der Waals surface area contributed by atoms with Crippen molar-refractivity contribution in [3.63, 3.8) is 0 Å². The van der Waals surface area contributed by atoms with E-state index in [4.69, 9.17) is 16.3 Å². The third kappa shape index (κ3) is 2.79. The molecule has 1 aliphatic heterocycles. The molecule has 3 rings (SSSR count). The third-order valence-electron chi connectivity index (χ3n) is 3.61. The minimum absolute atomic E-state index is 0.0902. The molecular weight excluding hydrogens is 313 g/mol. The zero-order valence-corrected chi connectivity index (χ0v) is 12.5. The maximum absolute atomic E-state index is 14.4. The number of fused-ring (bicyclic) bond motifs is 1. The maximum Gasteiger partial charge on any atom is 0.277 e. The summed E-state index contributed by atoms with van der Waals surface area (Å²) in [6, 6.07) is 3.13. The molecule has 1 amide bonds. The third-order valence-corrected chi connectivity index (χ3v) is 3.83. The van der Waals surface area contributed by atoms with Gasteiger partial charge < -0.3 is 14.7 Å². The van der Waals surface area contributed by atoms with Crippen LogP contribution >= 0.6 is 11.6 Å². The van der Waals surface area contributed by atoms with Crippen LogP contribution in [0.1, 0.15) is 10.5 Å². The molecule has 1 N–H and O–H groups in total. The summed E-state index contributed by atoms with van der Waals surface area (Å²) in [5.74, 6) is -1.43. The van der Waals surface area contributed by atoms with Gasteiger partial charge in [-0.15, -0.1) is 0 Å². The van der Waals surface area contributed by atoms with Gasteiger partial charge in [-0.1, -0.05) is 11.6 Å². The highest BCUT2D eigenvalue weighted by Gasteiger charge is 2.27. The molecular formula is C14H15ClFN3O3. The molecule has 1 saturated heterocycles. The summed E-state index contributed by atoms with van der Waals surface area (Å²) in [6.07, 6.45) is 1.37. The summed E-state index contributed by atoms with van der Waals surface area (Å²) < 4.78 is 20.9. The molecule has 1 aliphatic rings. The van der Waals surface area contributed by atoms with Crippen LogP contribution in [0.25, 0.3) is 5.65 Å². The van der Waals surface area contributed by atoms with Crippen molar-refractivity contribution in [1.82, 2.24) is 14.3 Å². The zero-order valence-electron chi connectivity index (χ0n) is 11.7. The summed E-state index contributed by atoms with van der Waals surface area (Å²) in [6.45, 7) is 1.28. The lowest BCUT2D eigenvalue weighted by atomic mass is 10.1. The van der Waals surface area contributed by atoms with E-state index in [9.17, 15) is 14.3 Å². The zero-order chi connectivity index (χ0) is 15.7. The van der Waals surface area contributed by atoms with E-state index in [1.807, 2.05) is 0 Å². The van der Waals surface area contributed by atoms with Crippen molar-refractivity contribution in [3.8, 4) is 0 Å². The Kier molecular flexibility index (Phi) is 4.28. The van der Waals surface area contributed by atoms with Crippen molar-refractivity contribution in [3.05, 3.63) is 35.0 Å². The molecule has 0 unspecified atom stereocenters. The van der Waals surface area contributed by atoms with Crippen molar-refractivity contribution in [1.29, 1.82) is 0 Å². The number of pyridine rings is 1. The molecule has 0 saturated carbocycles. The van der Waals surface area contributed by atoms with Crippen LogP contribution in [0, 0.1) is 11.9 Å². The minimum Gasteiger partial charge on any atom is -0.396 e. The van der Waals surface area contributed by atoms with E-state index in [-0.39, 0.29) is 18.2 Å². The van der Waals surface area contributed by atoms with Crippen LogP contribution in [0.3, 0.4) is 0 Å². The van der Waals surface area contributed by atoms with Gasteiger partial charge in [0.05, 0.1) is 18.2 Å². The van der Waals surface area contributed by atoms with E-state index in [0.29, 0.717) is 37.0 Å². The second-order valence-electron chi connectivity index (χ2n) is 5.20. The Morgan fingerprint density at radius 1 is 1.55 bits per heavy atom. The molecule has 2 aromatic rings. The second kappa shape index (κ2) is 6.20.